The van der Waals surface area contributed by atoms with Gasteiger partial charge in [-0.25, -0.2) is 0 Å². The molecule has 1 N–H and O–H groups in total. The summed E-state index contributed by atoms with van der Waals surface area (Å²) >= 11 is 3.37. The van der Waals surface area contributed by atoms with Crippen LogP contribution in [0.3, 0.4) is 0 Å². The lowest BCUT2D eigenvalue weighted by atomic mass is 9.93. The Bertz CT molecular complexity index is 564. The second-order valence-corrected chi connectivity index (χ2v) is 6.09. The van der Waals surface area contributed by atoms with Gasteiger partial charge in [0.1, 0.15) is 0 Å². The van der Waals surface area contributed by atoms with Crippen molar-refractivity contribution < 1.29 is 9.90 Å². The standard InChI is InChI=1S/C18H19BrO2/c19-16-12-10-15(11-13-16)17(18(20)21)9-5-4-8-14-6-2-1-3-7-14/h1-3,6-7,10-13,17H,4-5,8-9H2,(H,20,21). The maximum Gasteiger partial charge on any atom is 0.310 e. The summed E-state index contributed by atoms with van der Waals surface area (Å²) in [5, 5.41) is 9.40. The van der Waals surface area contributed by atoms with Gasteiger partial charge < -0.3 is 5.11 Å². The van der Waals surface area contributed by atoms with E-state index in [0.717, 1.165) is 29.3 Å². The molecule has 0 saturated heterocycles. The molecule has 0 radical (unpaired) electrons. The molecule has 0 aliphatic carbocycles. The SMILES string of the molecule is O=C(O)C(CCCCc1ccccc1)c1ccc(Br)cc1. The van der Waals surface area contributed by atoms with Gasteiger partial charge in [0.25, 0.3) is 0 Å². The van der Waals surface area contributed by atoms with Crippen LogP contribution in [0.5, 0.6) is 0 Å². The number of aryl methyl sites for hydroxylation is 1. The Hall–Kier alpha value is -1.61. The van der Waals surface area contributed by atoms with Crippen LogP contribution in [0.1, 0.15) is 36.3 Å². The first-order chi connectivity index (χ1) is 10.2. The summed E-state index contributed by atoms with van der Waals surface area (Å²) in [5.74, 6) is -1.15. The first-order valence-corrected chi connectivity index (χ1v) is 7.98. The highest BCUT2D eigenvalue weighted by Crippen LogP contribution is 2.24. The number of benzene rings is 2. The summed E-state index contributed by atoms with van der Waals surface area (Å²) < 4.78 is 0.972. The maximum absolute atomic E-state index is 11.4. The number of aliphatic carboxylic acids is 1. The largest absolute Gasteiger partial charge is 0.481 e. The predicted octanol–water partition coefficient (Wildman–Crippen LogP) is 5.03. The highest BCUT2D eigenvalue weighted by molar-refractivity contribution is 9.10. The van der Waals surface area contributed by atoms with E-state index < -0.39 is 11.9 Å². The van der Waals surface area contributed by atoms with E-state index in [1.54, 1.807) is 0 Å². The van der Waals surface area contributed by atoms with Crippen molar-refractivity contribution in [3.63, 3.8) is 0 Å². The zero-order chi connectivity index (χ0) is 15.1. The summed E-state index contributed by atoms with van der Waals surface area (Å²) in [7, 11) is 0. The van der Waals surface area contributed by atoms with Crippen molar-refractivity contribution in [3.05, 3.63) is 70.2 Å². The molecule has 0 aromatic heterocycles. The molecular formula is C18H19BrO2. The molecule has 0 bridgehead atoms. The van der Waals surface area contributed by atoms with Crippen molar-refractivity contribution in [3.8, 4) is 0 Å². The minimum absolute atomic E-state index is 0.408. The summed E-state index contributed by atoms with van der Waals surface area (Å²) in [6.45, 7) is 0. The minimum Gasteiger partial charge on any atom is -0.481 e. The van der Waals surface area contributed by atoms with Crippen LogP contribution in [0.2, 0.25) is 0 Å². The molecule has 1 unspecified atom stereocenters. The molecule has 2 rings (SSSR count). The van der Waals surface area contributed by atoms with Crippen LogP contribution < -0.4 is 0 Å². The molecule has 0 heterocycles. The van der Waals surface area contributed by atoms with Crippen LogP contribution in [0.15, 0.2) is 59.1 Å². The zero-order valence-corrected chi connectivity index (χ0v) is 13.4. The van der Waals surface area contributed by atoms with E-state index in [1.165, 1.54) is 5.56 Å². The average Bonchev–Trinajstić information content (AvgIpc) is 2.49. The smallest absolute Gasteiger partial charge is 0.310 e. The van der Waals surface area contributed by atoms with Crippen LogP contribution in [0.25, 0.3) is 0 Å². The molecule has 0 saturated carbocycles. The van der Waals surface area contributed by atoms with Gasteiger partial charge in [0.15, 0.2) is 0 Å². The topological polar surface area (TPSA) is 37.3 Å². The van der Waals surface area contributed by atoms with Crippen LogP contribution in [0.4, 0.5) is 0 Å². The molecule has 0 aliphatic rings. The third-order valence-corrected chi connectivity index (χ3v) is 4.15. The molecule has 1 atom stereocenters. The fourth-order valence-electron chi connectivity index (χ4n) is 2.45. The van der Waals surface area contributed by atoms with E-state index >= 15 is 0 Å². The highest BCUT2D eigenvalue weighted by Gasteiger charge is 2.18. The Balaban J connectivity index is 1.86. The third-order valence-electron chi connectivity index (χ3n) is 3.62. The van der Waals surface area contributed by atoms with Gasteiger partial charge >= 0.3 is 5.97 Å². The van der Waals surface area contributed by atoms with Crippen LogP contribution in [0, 0.1) is 0 Å². The van der Waals surface area contributed by atoms with E-state index in [-0.39, 0.29) is 0 Å². The molecule has 0 aliphatic heterocycles. The molecule has 21 heavy (non-hydrogen) atoms. The minimum atomic E-state index is -0.739. The van der Waals surface area contributed by atoms with E-state index in [1.807, 2.05) is 42.5 Å². The van der Waals surface area contributed by atoms with Crippen molar-refractivity contribution in [2.24, 2.45) is 0 Å². The molecule has 2 nitrogen and oxygen atoms in total. The Kier molecular flexibility index (Phi) is 6.00. The number of hydrogen-bond acceptors (Lipinski definition) is 1. The van der Waals surface area contributed by atoms with Gasteiger partial charge in [-0.2, -0.15) is 0 Å². The highest BCUT2D eigenvalue weighted by atomic mass is 79.9. The van der Waals surface area contributed by atoms with Crippen molar-refractivity contribution in [1.29, 1.82) is 0 Å². The Morgan fingerprint density at radius 3 is 2.29 bits per heavy atom. The second kappa shape index (κ2) is 7.99. The normalized spacial score (nSPS) is 12.0. The lowest BCUT2D eigenvalue weighted by Crippen LogP contribution is -2.11. The van der Waals surface area contributed by atoms with Crippen LogP contribution in [-0.4, -0.2) is 11.1 Å². The van der Waals surface area contributed by atoms with Gasteiger partial charge in [-0.1, -0.05) is 64.8 Å². The number of carboxylic acid groups (broad SMARTS) is 1. The number of unbranched alkanes of at least 4 members (excludes halogenated alkanes) is 1. The second-order valence-electron chi connectivity index (χ2n) is 5.17. The summed E-state index contributed by atoms with van der Waals surface area (Å²) in [5.41, 5.74) is 2.19. The maximum atomic E-state index is 11.4. The predicted molar refractivity (Wildman–Crippen MR) is 88.5 cm³/mol. The van der Waals surface area contributed by atoms with Crippen molar-refractivity contribution in [1.82, 2.24) is 0 Å². The molecular weight excluding hydrogens is 328 g/mol. The molecule has 110 valence electrons. The van der Waals surface area contributed by atoms with Crippen molar-refractivity contribution in [2.75, 3.05) is 0 Å². The summed E-state index contributed by atoms with van der Waals surface area (Å²) in [4.78, 5) is 11.4. The van der Waals surface area contributed by atoms with E-state index in [0.29, 0.717) is 6.42 Å². The van der Waals surface area contributed by atoms with Crippen LogP contribution in [-0.2, 0) is 11.2 Å². The fraction of sp³-hybridized carbons (Fsp3) is 0.278. The summed E-state index contributed by atoms with van der Waals surface area (Å²) in [6.07, 6.45) is 3.63. The van der Waals surface area contributed by atoms with Gasteiger partial charge in [0, 0.05) is 4.47 Å². The van der Waals surface area contributed by atoms with Crippen molar-refractivity contribution >= 4 is 21.9 Å². The molecule has 2 aromatic carbocycles. The van der Waals surface area contributed by atoms with Gasteiger partial charge in [-0.3, -0.25) is 4.79 Å². The Morgan fingerprint density at radius 1 is 1.00 bits per heavy atom. The quantitative estimate of drug-likeness (QED) is 0.713. The molecule has 0 spiro atoms. The number of carbonyl (C=O) groups is 1. The van der Waals surface area contributed by atoms with Gasteiger partial charge in [0.05, 0.1) is 5.92 Å². The lowest BCUT2D eigenvalue weighted by Gasteiger charge is -2.12. The number of halogens is 1. The monoisotopic (exact) mass is 346 g/mol. The first kappa shape index (κ1) is 15.8. The first-order valence-electron chi connectivity index (χ1n) is 7.19. The van der Waals surface area contributed by atoms with Crippen LogP contribution >= 0.6 is 15.9 Å². The van der Waals surface area contributed by atoms with E-state index in [9.17, 15) is 9.90 Å². The third kappa shape index (κ3) is 5.01. The number of rotatable bonds is 7. The lowest BCUT2D eigenvalue weighted by molar-refractivity contribution is -0.139. The van der Waals surface area contributed by atoms with Gasteiger partial charge in [-0.05, 0) is 42.5 Å². The van der Waals surface area contributed by atoms with Gasteiger partial charge in [-0.15, -0.1) is 0 Å². The summed E-state index contributed by atoms with van der Waals surface area (Å²) in [6, 6.07) is 17.9. The molecule has 0 amide bonds. The Labute approximate surface area is 134 Å². The molecule has 3 heteroatoms. The zero-order valence-electron chi connectivity index (χ0n) is 11.8. The van der Waals surface area contributed by atoms with E-state index in [4.69, 9.17) is 0 Å². The van der Waals surface area contributed by atoms with Crippen molar-refractivity contribution in [2.45, 2.75) is 31.6 Å². The number of hydrogen-bond donors (Lipinski definition) is 1. The number of carboxylic acids is 1. The van der Waals surface area contributed by atoms with Gasteiger partial charge in [0.2, 0.25) is 0 Å². The molecule has 0 fully saturated rings. The fourth-order valence-corrected chi connectivity index (χ4v) is 2.71. The van der Waals surface area contributed by atoms with E-state index in [2.05, 4.69) is 28.1 Å². The Morgan fingerprint density at radius 2 is 1.67 bits per heavy atom. The average molecular weight is 347 g/mol. The molecule has 2 aromatic rings.